The molecule has 0 atom stereocenters. The van der Waals surface area contributed by atoms with Gasteiger partial charge in [-0.05, 0) is 80.6 Å². The van der Waals surface area contributed by atoms with E-state index in [2.05, 4.69) is 44.2 Å². The fourth-order valence-corrected chi connectivity index (χ4v) is 8.64. The monoisotopic (exact) mass is 691 g/mol. The van der Waals surface area contributed by atoms with Crippen molar-refractivity contribution in [2.45, 2.75) is 71.4 Å². The van der Waals surface area contributed by atoms with Crippen LogP contribution in [-0.4, -0.2) is 58.2 Å². The number of nitrogens with zero attached hydrogens (tertiary/aromatic N) is 3. The normalized spacial score (nSPS) is 18.4. The molecule has 3 fully saturated rings. The number of aromatic nitrogens is 2. The second-order valence-electron chi connectivity index (χ2n) is 13.1. The van der Waals surface area contributed by atoms with E-state index in [-0.39, 0.29) is 11.8 Å². The molecule has 4 aromatic rings. The van der Waals surface area contributed by atoms with Gasteiger partial charge < -0.3 is 25.3 Å². The van der Waals surface area contributed by atoms with Gasteiger partial charge in [0.25, 0.3) is 0 Å². The predicted molar refractivity (Wildman–Crippen MR) is 197 cm³/mol. The number of nitrogens with two attached hydrogens (primary N) is 1. The molecule has 47 heavy (non-hydrogen) atoms. The second kappa shape index (κ2) is 15.2. The van der Waals surface area contributed by atoms with Crippen LogP contribution in [0, 0.1) is 11.3 Å². The molecule has 7 nitrogen and oxygen atoms in total. The Morgan fingerprint density at radius 1 is 1.17 bits per heavy atom. The van der Waals surface area contributed by atoms with E-state index in [9.17, 15) is 4.79 Å². The van der Waals surface area contributed by atoms with Crippen molar-refractivity contribution in [1.82, 2.24) is 19.8 Å². The average Bonchev–Trinajstić information content (AvgIpc) is 3.76. The number of halogens is 1. The molecule has 3 aliphatic rings. The van der Waals surface area contributed by atoms with Gasteiger partial charge in [0.05, 0.1) is 16.0 Å². The highest BCUT2D eigenvalue weighted by Gasteiger charge is 2.48. The number of hydrogen-bond donors (Lipinski definition) is 2. The first-order valence-corrected chi connectivity index (χ1v) is 18.7. The number of thiocarbonyl (C=S) groups is 1. The molecule has 7 rings (SSSR count). The lowest BCUT2D eigenvalue weighted by Crippen LogP contribution is -2.51. The lowest BCUT2D eigenvalue weighted by atomic mass is 9.57. The van der Waals surface area contributed by atoms with Gasteiger partial charge in [-0.15, -0.1) is 11.3 Å². The molecule has 2 aliphatic heterocycles. The van der Waals surface area contributed by atoms with E-state index in [4.69, 9.17) is 34.3 Å². The van der Waals surface area contributed by atoms with Crippen LogP contribution in [0.3, 0.4) is 0 Å². The number of nitrogens with one attached hydrogen (secondary N) is 1. The molecule has 10 heteroatoms. The largest absolute Gasteiger partial charge is 0.389 e. The standard InChI is InChI=1S/C35H40ClN5O2S2.C2H6/c36-31-25(19-39-34(42)26-17-35(18-26)9-12-40(13-10-35)11-6-28-20-38-22-45-28)4-5-29-30(23-2-1-3-24(16-23)33(37)44)21-41(32(29)31)27-7-14-43-15-8-27;1-2/h1-5,16,20-22,26-27H,6-15,17-19H2,(H2,37,44)(H,39,42);1-2H3. The Balaban J connectivity index is 0.00000190. The number of likely N-dealkylation sites (tertiary alicyclic amines) is 1. The highest BCUT2D eigenvalue weighted by Crippen LogP contribution is 2.52. The summed E-state index contributed by atoms with van der Waals surface area (Å²) in [6.45, 7) is 9.24. The average molecular weight is 692 g/mol. The Labute approximate surface area is 292 Å². The van der Waals surface area contributed by atoms with Crippen molar-refractivity contribution in [3.8, 4) is 11.1 Å². The van der Waals surface area contributed by atoms with E-state index in [1.54, 1.807) is 11.3 Å². The number of thiazole rings is 1. The van der Waals surface area contributed by atoms with E-state index < -0.39 is 0 Å². The maximum Gasteiger partial charge on any atom is 0.223 e. The Bertz CT molecular complexity index is 1680. The summed E-state index contributed by atoms with van der Waals surface area (Å²) in [6, 6.07) is 12.6. The van der Waals surface area contributed by atoms with Crippen LogP contribution in [0.15, 0.2) is 54.3 Å². The van der Waals surface area contributed by atoms with Gasteiger partial charge in [-0.1, -0.05) is 68.0 Å². The third-order valence-corrected chi connectivity index (χ3v) is 11.8. The number of fused-ring (bicyclic) bond motifs is 1. The zero-order chi connectivity index (χ0) is 33.0. The topological polar surface area (TPSA) is 85.4 Å². The maximum atomic E-state index is 13.3. The third-order valence-electron chi connectivity index (χ3n) is 10.3. The first-order valence-electron chi connectivity index (χ1n) is 17.1. The minimum absolute atomic E-state index is 0.0925. The van der Waals surface area contributed by atoms with Crippen molar-refractivity contribution in [3.63, 3.8) is 0 Å². The first kappa shape index (κ1) is 34.1. The van der Waals surface area contributed by atoms with Crippen molar-refractivity contribution in [2.24, 2.45) is 17.1 Å². The first-order chi connectivity index (χ1) is 22.9. The minimum atomic E-state index is 0.0925. The molecule has 1 aliphatic carbocycles. The SMILES string of the molecule is CC.NC(=S)c1cccc(-c2cn(C3CCOCC3)c3c(Cl)c(CNC(=O)C4CC5(CCN(CCc6cncs6)CC5)C4)ccc23)c1. The molecule has 4 heterocycles. The Kier molecular flexibility index (Phi) is 11.0. The summed E-state index contributed by atoms with van der Waals surface area (Å²) in [6.07, 6.45) is 11.5. The van der Waals surface area contributed by atoms with Crippen LogP contribution < -0.4 is 11.1 Å². The summed E-state index contributed by atoms with van der Waals surface area (Å²) in [5, 5.41) is 5.02. The highest BCUT2D eigenvalue weighted by molar-refractivity contribution is 7.80. The van der Waals surface area contributed by atoms with Crippen molar-refractivity contribution >= 4 is 57.0 Å². The summed E-state index contributed by atoms with van der Waals surface area (Å²) in [5.41, 5.74) is 13.2. The quantitative estimate of drug-likeness (QED) is 0.175. The van der Waals surface area contributed by atoms with Gasteiger partial charge in [0, 0.05) is 72.0 Å². The van der Waals surface area contributed by atoms with Crippen LogP contribution in [0.4, 0.5) is 0 Å². The fourth-order valence-electron chi connectivity index (χ4n) is 7.60. The van der Waals surface area contributed by atoms with Gasteiger partial charge in [0.15, 0.2) is 0 Å². The third kappa shape index (κ3) is 7.44. The second-order valence-corrected chi connectivity index (χ2v) is 14.8. The van der Waals surface area contributed by atoms with Crippen LogP contribution in [-0.2, 0) is 22.5 Å². The van der Waals surface area contributed by atoms with Gasteiger partial charge in [-0.3, -0.25) is 9.78 Å². The Morgan fingerprint density at radius 2 is 1.94 bits per heavy atom. The van der Waals surface area contributed by atoms with Crippen LogP contribution in [0.5, 0.6) is 0 Å². The lowest BCUT2D eigenvalue weighted by molar-refractivity contribution is -0.135. The van der Waals surface area contributed by atoms with Crippen molar-refractivity contribution in [3.05, 3.63) is 75.3 Å². The number of rotatable bonds is 9. The molecule has 2 aromatic carbocycles. The van der Waals surface area contributed by atoms with E-state index >= 15 is 0 Å². The van der Waals surface area contributed by atoms with E-state index in [0.717, 1.165) is 98.1 Å². The maximum absolute atomic E-state index is 13.3. The summed E-state index contributed by atoms with van der Waals surface area (Å²) < 4.78 is 8.00. The minimum Gasteiger partial charge on any atom is -0.389 e. The summed E-state index contributed by atoms with van der Waals surface area (Å²) in [4.78, 5) is 21.8. The van der Waals surface area contributed by atoms with Crippen molar-refractivity contribution in [2.75, 3.05) is 32.8 Å². The van der Waals surface area contributed by atoms with Crippen molar-refractivity contribution in [1.29, 1.82) is 0 Å². The van der Waals surface area contributed by atoms with Gasteiger partial charge >= 0.3 is 0 Å². The fraction of sp³-hybridized carbons (Fsp3) is 0.486. The molecular formula is C37H46ClN5O2S2. The number of carbonyl (C=O) groups excluding carboxylic acids is 1. The molecule has 2 saturated heterocycles. The molecule has 250 valence electrons. The zero-order valence-electron chi connectivity index (χ0n) is 27.5. The van der Waals surface area contributed by atoms with Crippen LogP contribution in [0.2, 0.25) is 5.02 Å². The summed E-state index contributed by atoms with van der Waals surface area (Å²) in [5.74, 6) is 0.245. The van der Waals surface area contributed by atoms with E-state index in [1.807, 2.05) is 43.8 Å². The van der Waals surface area contributed by atoms with Gasteiger partial charge in [0.1, 0.15) is 4.99 Å². The lowest BCUT2D eigenvalue weighted by Gasteiger charge is -2.51. The molecule has 1 spiro atoms. The van der Waals surface area contributed by atoms with Crippen LogP contribution in [0.25, 0.3) is 22.0 Å². The van der Waals surface area contributed by atoms with Crippen LogP contribution in [0.1, 0.15) is 74.4 Å². The Morgan fingerprint density at radius 3 is 2.64 bits per heavy atom. The molecule has 0 bridgehead atoms. The zero-order valence-corrected chi connectivity index (χ0v) is 29.9. The van der Waals surface area contributed by atoms with E-state index in [0.29, 0.717) is 28.0 Å². The molecule has 0 unspecified atom stereocenters. The predicted octanol–water partition coefficient (Wildman–Crippen LogP) is 7.78. The highest BCUT2D eigenvalue weighted by atomic mass is 35.5. The molecule has 1 amide bonds. The van der Waals surface area contributed by atoms with E-state index in [1.165, 1.54) is 17.7 Å². The number of piperidine rings is 1. The summed E-state index contributed by atoms with van der Waals surface area (Å²) >= 11 is 14.2. The van der Waals surface area contributed by atoms with Gasteiger partial charge in [0.2, 0.25) is 5.91 Å². The molecule has 3 N–H and O–H groups in total. The molecule has 0 radical (unpaired) electrons. The number of amides is 1. The summed E-state index contributed by atoms with van der Waals surface area (Å²) in [7, 11) is 0. The van der Waals surface area contributed by atoms with Gasteiger partial charge in [-0.2, -0.15) is 0 Å². The van der Waals surface area contributed by atoms with Crippen LogP contribution >= 0.6 is 35.2 Å². The Hall–Kier alpha value is -2.82. The van der Waals surface area contributed by atoms with Crippen molar-refractivity contribution < 1.29 is 9.53 Å². The van der Waals surface area contributed by atoms with Gasteiger partial charge in [-0.25, -0.2) is 0 Å². The number of carbonyl (C=O) groups is 1. The molecule has 2 aromatic heterocycles. The number of hydrogen-bond acceptors (Lipinski definition) is 6. The molecule has 1 saturated carbocycles. The smallest absolute Gasteiger partial charge is 0.223 e. The number of ether oxygens (including phenoxy) is 1. The molecular weight excluding hydrogens is 646 g/mol. The number of benzene rings is 2.